The van der Waals surface area contributed by atoms with Gasteiger partial charge in [-0.05, 0) is 49.7 Å². The maximum absolute atomic E-state index is 10.4. The van der Waals surface area contributed by atoms with E-state index in [2.05, 4.69) is 24.8 Å². The highest BCUT2D eigenvalue weighted by Gasteiger charge is 2.37. The Balaban J connectivity index is 1.63. The van der Waals surface area contributed by atoms with Gasteiger partial charge in [0.25, 0.3) is 0 Å². The average molecular weight is 277 g/mol. The largest absolute Gasteiger partial charge is 0.468 e. The fraction of sp³-hybridized carbons (Fsp3) is 0.765. The van der Waals surface area contributed by atoms with Gasteiger partial charge in [0.2, 0.25) is 0 Å². The van der Waals surface area contributed by atoms with Crippen molar-refractivity contribution in [1.82, 2.24) is 4.90 Å². The summed E-state index contributed by atoms with van der Waals surface area (Å²) in [4.78, 5) is 2.53. The topological polar surface area (TPSA) is 36.6 Å². The number of aliphatic hydroxyl groups is 1. The van der Waals surface area contributed by atoms with Gasteiger partial charge in [0.05, 0.1) is 18.9 Å². The Bertz CT molecular complexity index is 401. The number of aliphatic hydroxyl groups excluding tert-OH is 1. The zero-order valence-corrected chi connectivity index (χ0v) is 12.7. The second-order valence-corrected chi connectivity index (χ2v) is 7.03. The smallest absolute Gasteiger partial charge is 0.117 e. The third-order valence-electron chi connectivity index (χ3n) is 5.09. The lowest BCUT2D eigenvalue weighted by molar-refractivity contribution is -0.00568. The maximum Gasteiger partial charge on any atom is 0.117 e. The van der Waals surface area contributed by atoms with Gasteiger partial charge in [-0.15, -0.1) is 0 Å². The van der Waals surface area contributed by atoms with E-state index in [1.165, 1.54) is 19.3 Å². The molecule has 1 aromatic rings. The van der Waals surface area contributed by atoms with E-state index >= 15 is 0 Å². The van der Waals surface area contributed by atoms with Crippen LogP contribution >= 0.6 is 0 Å². The lowest BCUT2D eigenvalue weighted by Gasteiger charge is -2.39. The summed E-state index contributed by atoms with van der Waals surface area (Å²) in [6, 6.07) is 4.72. The first-order valence-electron chi connectivity index (χ1n) is 8.08. The second kappa shape index (κ2) is 5.90. The van der Waals surface area contributed by atoms with Crippen molar-refractivity contribution in [1.29, 1.82) is 0 Å². The Kier molecular flexibility index (Phi) is 4.18. The molecule has 2 aliphatic rings. The van der Waals surface area contributed by atoms with Crippen molar-refractivity contribution in [3.8, 4) is 0 Å². The molecule has 3 nitrogen and oxygen atoms in total. The van der Waals surface area contributed by atoms with Crippen molar-refractivity contribution < 1.29 is 9.52 Å². The van der Waals surface area contributed by atoms with Crippen LogP contribution in [-0.2, 0) is 6.54 Å². The van der Waals surface area contributed by atoms with E-state index in [9.17, 15) is 5.11 Å². The number of hydrogen-bond donors (Lipinski definition) is 1. The van der Waals surface area contributed by atoms with Gasteiger partial charge < -0.3 is 9.52 Å². The molecule has 112 valence electrons. The number of hydrogen-bond acceptors (Lipinski definition) is 3. The van der Waals surface area contributed by atoms with E-state index in [0.29, 0.717) is 23.8 Å². The highest BCUT2D eigenvalue weighted by Crippen LogP contribution is 2.37. The molecule has 2 fully saturated rings. The summed E-state index contributed by atoms with van der Waals surface area (Å²) in [5, 5.41) is 10.4. The molecule has 20 heavy (non-hydrogen) atoms. The lowest BCUT2D eigenvalue weighted by atomic mass is 9.73. The molecule has 0 aromatic carbocycles. The Morgan fingerprint density at radius 2 is 2.10 bits per heavy atom. The van der Waals surface area contributed by atoms with E-state index in [1.807, 2.05) is 6.07 Å². The molecule has 0 bridgehead atoms. The van der Waals surface area contributed by atoms with Crippen LogP contribution < -0.4 is 0 Å². The zero-order valence-electron chi connectivity index (χ0n) is 12.7. The average Bonchev–Trinajstić information content (AvgIpc) is 3.10. The monoisotopic (exact) mass is 277 g/mol. The number of nitrogens with zero attached hydrogens (tertiary/aromatic N) is 1. The summed E-state index contributed by atoms with van der Waals surface area (Å²) in [6.45, 7) is 6.47. The van der Waals surface area contributed by atoms with E-state index in [1.54, 1.807) is 6.26 Å². The summed E-state index contributed by atoms with van der Waals surface area (Å²) < 4.78 is 5.50. The van der Waals surface area contributed by atoms with Gasteiger partial charge in [0.1, 0.15) is 5.76 Å². The Morgan fingerprint density at radius 1 is 1.30 bits per heavy atom. The fourth-order valence-corrected chi connectivity index (χ4v) is 3.83. The second-order valence-electron chi connectivity index (χ2n) is 7.03. The lowest BCUT2D eigenvalue weighted by Crippen LogP contribution is -2.43. The van der Waals surface area contributed by atoms with Crippen molar-refractivity contribution in [2.45, 2.75) is 58.2 Å². The predicted molar refractivity (Wildman–Crippen MR) is 79.2 cm³/mol. The SMILES string of the molecule is CC1CC(C)C(CN(Cc2ccco2)C2CC2)C(O)C1. The van der Waals surface area contributed by atoms with Gasteiger partial charge in [-0.2, -0.15) is 0 Å². The van der Waals surface area contributed by atoms with Crippen molar-refractivity contribution in [3.05, 3.63) is 24.2 Å². The van der Waals surface area contributed by atoms with Crippen molar-refractivity contribution in [2.24, 2.45) is 17.8 Å². The predicted octanol–water partition coefficient (Wildman–Crippen LogP) is 3.29. The molecule has 0 spiro atoms. The highest BCUT2D eigenvalue weighted by atomic mass is 16.3. The van der Waals surface area contributed by atoms with Crippen molar-refractivity contribution >= 4 is 0 Å². The third kappa shape index (κ3) is 3.26. The quantitative estimate of drug-likeness (QED) is 0.897. The summed E-state index contributed by atoms with van der Waals surface area (Å²) >= 11 is 0. The van der Waals surface area contributed by atoms with Gasteiger partial charge in [0.15, 0.2) is 0 Å². The first kappa shape index (κ1) is 14.2. The van der Waals surface area contributed by atoms with E-state index in [-0.39, 0.29) is 6.10 Å². The number of rotatable bonds is 5. The summed E-state index contributed by atoms with van der Waals surface area (Å²) in [5.41, 5.74) is 0. The van der Waals surface area contributed by atoms with Crippen LogP contribution in [0.15, 0.2) is 22.8 Å². The van der Waals surface area contributed by atoms with Crippen LogP contribution in [0.4, 0.5) is 0 Å². The molecule has 2 aliphatic carbocycles. The Morgan fingerprint density at radius 3 is 2.70 bits per heavy atom. The van der Waals surface area contributed by atoms with Crippen LogP contribution in [0.3, 0.4) is 0 Å². The molecule has 2 saturated carbocycles. The molecule has 1 N–H and O–H groups in total. The molecular weight excluding hydrogens is 250 g/mol. The molecule has 4 atom stereocenters. The third-order valence-corrected chi connectivity index (χ3v) is 5.09. The standard InChI is InChI=1S/C17H27NO2/c1-12-8-13(2)16(17(19)9-12)11-18(14-5-6-14)10-15-4-3-7-20-15/h3-4,7,12-14,16-17,19H,5-6,8-11H2,1-2H3. The molecule has 3 heteroatoms. The highest BCUT2D eigenvalue weighted by molar-refractivity contribution is 5.00. The molecule has 4 unspecified atom stereocenters. The first-order valence-corrected chi connectivity index (χ1v) is 8.08. The van der Waals surface area contributed by atoms with E-state index in [4.69, 9.17) is 4.42 Å². The zero-order chi connectivity index (χ0) is 14.1. The molecule has 0 aliphatic heterocycles. The van der Waals surface area contributed by atoms with Crippen LogP contribution in [0.5, 0.6) is 0 Å². The van der Waals surface area contributed by atoms with Crippen LogP contribution in [0.1, 0.15) is 45.3 Å². The molecule has 0 saturated heterocycles. The van der Waals surface area contributed by atoms with Crippen LogP contribution in [-0.4, -0.2) is 28.7 Å². The van der Waals surface area contributed by atoms with Gasteiger partial charge in [-0.1, -0.05) is 13.8 Å². The van der Waals surface area contributed by atoms with Crippen molar-refractivity contribution in [2.75, 3.05) is 6.54 Å². The van der Waals surface area contributed by atoms with E-state index < -0.39 is 0 Å². The fourth-order valence-electron chi connectivity index (χ4n) is 3.83. The minimum atomic E-state index is -0.133. The molecular formula is C17H27NO2. The summed E-state index contributed by atoms with van der Waals surface area (Å²) in [6.07, 6.45) is 6.43. The summed E-state index contributed by atoms with van der Waals surface area (Å²) in [5.74, 6) is 2.74. The minimum absolute atomic E-state index is 0.133. The first-order chi connectivity index (χ1) is 9.63. The van der Waals surface area contributed by atoms with Gasteiger partial charge in [-0.25, -0.2) is 0 Å². The van der Waals surface area contributed by atoms with Crippen LogP contribution in [0.25, 0.3) is 0 Å². The van der Waals surface area contributed by atoms with E-state index in [0.717, 1.165) is 25.3 Å². The maximum atomic E-state index is 10.4. The Hall–Kier alpha value is -0.800. The van der Waals surface area contributed by atoms with Gasteiger partial charge in [-0.3, -0.25) is 4.90 Å². The summed E-state index contributed by atoms with van der Waals surface area (Å²) in [7, 11) is 0. The normalized spacial score (nSPS) is 34.6. The van der Waals surface area contributed by atoms with Crippen LogP contribution in [0.2, 0.25) is 0 Å². The van der Waals surface area contributed by atoms with Gasteiger partial charge >= 0.3 is 0 Å². The minimum Gasteiger partial charge on any atom is -0.468 e. The molecule has 1 aromatic heterocycles. The molecule has 0 radical (unpaired) electrons. The Labute approximate surface area is 122 Å². The number of furan rings is 1. The molecule has 0 amide bonds. The van der Waals surface area contributed by atoms with Crippen LogP contribution in [0, 0.1) is 17.8 Å². The molecule has 1 heterocycles. The van der Waals surface area contributed by atoms with Crippen molar-refractivity contribution in [3.63, 3.8) is 0 Å². The molecule has 3 rings (SSSR count). The van der Waals surface area contributed by atoms with Gasteiger partial charge in [0, 0.05) is 18.5 Å².